The maximum absolute atomic E-state index is 8.91. The standard InChI is InChI=1S/C19H25N/c20-15-9-14-19(16-17-10-5-4-6-11-17)18-12-7-2-1-3-8-13-18/h4-6,10-12,19H,1-3,7-9,13-14,16H2/b18-12+. The van der Waals surface area contributed by atoms with E-state index in [1.54, 1.807) is 5.57 Å². The van der Waals surface area contributed by atoms with E-state index in [1.807, 2.05) is 0 Å². The van der Waals surface area contributed by atoms with Crippen molar-refractivity contribution in [1.82, 2.24) is 0 Å². The SMILES string of the molecule is N#CCCC(Cc1ccccc1)/C1=C/CCCCCC1. The summed E-state index contributed by atoms with van der Waals surface area (Å²) in [5.74, 6) is 0.565. The van der Waals surface area contributed by atoms with Crippen LogP contribution in [0.2, 0.25) is 0 Å². The fourth-order valence-electron chi connectivity index (χ4n) is 3.14. The molecule has 0 saturated carbocycles. The zero-order valence-corrected chi connectivity index (χ0v) is 12.4. The minimum Gasteiger partial charge on any atom is -0.198 e. The lowest BCUT2D eigenvalue weighted by Gasteiger charge is -2.22. The van der Waals surface area contributed by atoms with Gasteiger partial charge in [-0.2, -0.15) is 5.26 Å². The van der Waals surface area contributed by atoms with Crippen molar-refractivity contribution in [3.05, 3.63) is 47.5 Å². The summed E-state index contributed by atoms with van der Waals surface area (Å²) >= 11 is 0. The van der Waals surface area contributed by atoms with Gasteiger partial charge in [-0.15, -0.1) is 0 Å². The summed E-state index contributed by atoms with van der Waals surface area (Å²) < 4.78 is 0. The zero-order valence-electron chi connectivity index (χ0n) is 12.4. The lowest BCUT2D eigenvalue weighted by molar-refractivity contribution is 0.514. The number of nitrogens with zero attached hydrogens (tertiary/aromatic N) is 1. The minimum absolute atomic E-state index is 0.565. The van der Waals surface area contributed by atoms with Crippen LogP contribution in [0.4, 0.5) is 0 Å². The number of nitriles is 1. The predicted molar refractivity (Wildman–Crippen MR) is 84.3 cm³/mol. The molecule has 1 aliphatic rings. The van der Waals surface area contributed by atoms with Crippen molar-refractivity contribution in [3.8, 4) is 6.07 Å². The Morgan fingerprint density at radius 2 is 1.85 bits per heavy atom. The summed E-state index contributed by atoms with van der Waals surface area (Å²) in [6, 6.07) is 13.0. The molecule has 2 rings (SSSR count). The summed E-state index contributed by atoms with van der Waals surface area (Å²) in [5.41, 5.74) is 3.02. The van der Waals surface area contributed by atoms with E-state index >= 15 is 0 Å². The quantitative estimate of drug-likeness (QED) is 0.652. The van der Waals surface area contributed by atoms with Gasteiger partial charge >= 0.3 is 0 Å². The molecule has 0 amide bonds. The second-order valence-corrected chi connectivity index (χ2v) is 5.82. The van der Waals surface area contributed by atoms with Crippen molar-refractivity contribution in [2.45, 2.75) is 57.8 Å². The van der Waals surface area contributed by atoms with Gasteiger partial charge < -0.3 is 0 Å². The van der Waals surface area contributed by atoms with Crippen molar-refractivity contribution in [1.29, 1.82) is 5.26 Å². The van der Waals surface area contributed by atoms with Gasteiger partial charge in [0.15, 0.2) is 0 Å². The Morgan fingerprint density at radius 3 is 2.65 bits per heavy atom. The Kier molecular flexibility index (Phi) is 6.38. The average Bonchev–Trinajstić information content (AvgIpc) is 2.45. The molecule has 0 bridgehead atoms. The highest BCUT2D eigenvalue weighted by atomic mass is 14.3. The molecule has 20 heavy (non-hydrogen) atoms. The molecular weight excluding hydrogens is 242 g/mol. The Balaban J connectivity index is 2.07. The number of benzene rings is 1. The first-order chi connectivity index (χ1) is 9.90. The maximum Gasteiger partial charge on any atom is 0.0621 e. The van der Waals surface area contributed by atoms with Gasteiger partial charge in [0.25, 0.3) is 0 Å². The van der Waals surface area contributed by atoms with Crippen LogP contribution < -0.4 is 0 Å². The van der Waals surface area contributed by atoms with Crippen LogP contribution in [-0.4, -0.2) is 0 Å². The number of rotatable bonds is 5. The van der Waals surface area contributed by atoms with E-state index in [9.17, 15) is 0 Å². The van der Waals surface area contributed by atoms with Crippen LogP contribution in [0.15, 0.2) is 42.0 Å². The summed E-state index contributed by atoms with van der Waals surface area (Å²) in [4.78, 5) is 0. The molecule has 1 atom stereocenters. The minimum atomic E-state index is 0.565. The Bertz CT molecular complexity index is 452. The second kappa shape index (κ2) is 8.59. The molecular formula is C19H25N. The van der Waals surface area contributed by atoms with Crippen LogP contribution in [0.5, 0.6) is 0 Å². The van der Waals surface area contributed by atoms with E-state index in [1.165, 1.54) is 44.1 Å². The fraction of sp³-hybridized carbons (Fsp3) is 0.526. The Morgan fingerprint density at radius 1 is 1.05 bits per heavy atom. The van der Waals surface area contributed by atoms with E-state index in [0.717, 1.165) is 12.8 Å². The molecule has 1 aliphatic carbocycles. The molecule has 0 saturated heterocycles. The van der Waals surface area contributed by atoms with Crippen molar-refractivity contribution in [2.75, 3.05) is 0 Å². The molecule has 1 aromatic carbocycles. The smallest absolute Gasteiger partial charge is 0.0621 e. The van der Waals surface area contributed by atoms with Crippen LogP contribution in [-0.2, 0) is 6.42 Å². The summed E-state index contributed by atoms with van der Waals surface area (Å²) in [7, 11) is 0. The van der Waals surface area contributed by atoms with E-state index < -0.39 is 0 Å². The zero-order chi connectivity index (χ0) is 14.0. The van der Waals surface area contributed by atoms with Crippen LogP contribution in [0.1, 0.15) is 56.9 Å². The van der Waals surface area contributed by atoms with Gasteiger partial charge in [-0.3, -0.25) is 0 Å². The summed E-state index contributed by atoms with van der Waals surface area (Å²) in [5, 5.41) is 8.91. The summed E-state index contributed by atoms with van der Waals surface area (Å²) in [6.45, 7) is 0. The Hall–Kier alpha value is -1.55. The molecule has 1 aromatic rings. The van der Waals surface area contributed by atoms with Crippen molar-refractivity contribution in [2.24, 2.45) is 5.92 Å². The number of allylic oxidation sites excluding steroid dienone is 2. The van der Waals surface area contributed by atoms with Gasteiger partial charge in [0, 0.05) is 6.42 Å². The van der Waals surface area contributed by atoms with Crippen molar-refractivity contribution >= 4 is 0 Å². The fourth-order valence-corrected chi connectivity index (χ4v) is 3.14. The van der Waals surface area contributed by atoms with Gasteiger partial charge in [0.1, 0.15) is 0 Å². The second-order valence-electron chi connectivity index (χ2n) is 5.82. The van der Waals surface area contributed by atoms with Crippen molar-refractivity contribution < 1.29 is 0 Å². The van der Waals surface area contributed by atoms with Crippen molar-refractivity contribution in [3.63, 3.8) is 0 Å². The highest BCUT2D eigenvalue weighted by molar-refractivity contribution is 5.19. The maximum atomic E-state index is 8.91. The van der Waals surface area contributed by atoms with Gasteiger partial charge in [-0.05, 0) is 50.0 Å². The molecule has 0 radical (unpaired) electrons. The van der Waals surface area contributed by atoms with Gasteiger partial charge in [0.05, 0.1) is 6.07 Å². The molecule has 1 unspecified atom stereocenters. The first kappa shape index (κ1) is 14.9. The molecule has 0 heterocycles. The first-order valence-electron chi connectivity index (χ1n) is 8.00. The van der Waals surface area contributed by atoms with E-state index in [4.69, 9.17) is 5.26 Å². The van der Waals surface area contributed by atoms with Gasteiger partial charge in [-0.25, -0.2) is 0 Å². The molecule has 106 valence electrons. The van der Waals surface area contributed by atoms with E-state index in [0.29, 0.717) is 12.3 Å². The molecule has 0 aromatic heterocycles. The molecule has 1 heteroatoms. The van der Waals surface area contributed by atoms with E-state index in [-0.39, 0.29) is 0 Å². The summed E-state index contributed by atoms with van der Waals surface area (Å²) in [6.07, 6.45) is 13.1. The van der Waals surface area contributed by atoms with Gasteiger partial charge in [0.2, 0.25) is 0 Å². The predicted octanol–water partition coefficient (Wildman–Crippen LogP) is 5.43. The molecule has 0 fully saturated rings. The Labute approximate surface area is 123 Å². The average molecular weight is 267 g/mol. The van der Waals surface area contributed by atoms with E-state index in [2.05, 4.69) is 42.5 Å². The molecule has 0 N–H and O–H groups in total. The van der Waals surface area contributed by atoms with Crippen LogP contribution in [0.3, 0.4) is 0 Å². The highest BCUT2D eigenvalue weighted by Gasteiger charge is 2.15. The largest absolute Gasteiger partial charge is 0.198 e. The third-order valence-corrected chi connectivity index (χ3v) is 4.28. The molecule has 1 nitrogen and oxygen atoms in total. The molecule has 0 aliphatic heterocycles. The number of hydrogen-bond acceptors (Lipinski definition) is 1. The highest BCUT2D eigenvalue weighted by Crippen LogP contribution is 2.29. The number of hydrogen-bond donors (Lipinski definition) is 0. The van der Waals surface area contributed by atoms with Gasteiger partial charge in [-0.1, -0.05) is 54.8 Å². The van der Waals surface area contributed by atoms with Crippen LogP contribution >= 0.6 is 0 Å². The lowest BCUT2D eigenvalue weighted by atomic mass is 9.83. The lowest BCUT2D eigenvalue weighted by Crippen LogP contribution is -2.09. The third kappa shape index (κ3) is 4.85. The monoisotopic (exact) mass is 267 g/mol. The topological polar surface area (TPSA) is 23.8 Å². The first-order valence-corrected chi connectivity index (χ1v) is 8.00. The van der Waals surface area contributed by atoms with Crippen LogP contribution in [0.25, 0.3) is 0 Å². The van der Waals surface area contributed by atoms with Crippen LogP contribution in [0, 0.1) is 17.2 Å². The normalized spacial score (nSPS) is 20.1. The third-order valence-electron chi connectivity index (χ3n) is 4.28. The molecule has 0 spiro atoms.